The number of aryl methyl sites for hydroxylation is 1. The van der Waals surface area contributed by atoms with E-state index in [-0.39, 0.29) is 30.6 Å². The van der Waals surface area contributed by atoms with Crippen molar-refractivity contribution in [3.05, 3.63) is 143 Å². The Balaban J connectivity index is 1.62. The van der Waals surface area contributed by atoms with E-state index in [0.717, 1.165) is 22.3 Å². The molecule has 1 N–H and O–H groups in total. The fourth-order valence-corrected chi connectivity index (χ4v) is 4.14. The number of carbonyl (C=O) groups is 2. The standard InChI is InChI=1S/C31H29FN2O2/c32-28-19-16-26(17-20-28)23-34(29(35)21-18-24-10-4-1-5-11-24)30(27-14-8-3-9-15-27)31(36)33-22-25-12-6-2-7-13-25/h1-17,19-20,30H,18,21-23H2,(H,33,36). The second kappa shape index (κ2) is 12.5. The first-order valence-corrected chi connectivity index (χ1v) is 12.0. The molecular weight excluding hydrogens is 451 g/mol. The van der Waals surface area contributed by atoms with E-state index >= 15 is 0 Å². The third-order valence-electron chi connectivity index (χ3n) is 6.04. The maximum Gasteiger partial charge on any atom is 0.247 e. The zero-order chi connectivity index (χ0) is 25.2. The van der Waals surface area contributed by atoms with Gasteiger partial charge in [0.2, 0.25) is 11.8 Å². The number of nitrogens with zero attached hydrogens (tertiary/aromatic N) is 1. The van der Waals surface area contributed by atoms with E-state index in [2.05, 4.69) is 5.32 Å². The van der Waals surface area contributed by atoms with Crippen molar-refractivity contribution < 1.29 is 14.0 Å². The van der Waals surface area contributed by atoms with Crippen LogP contribution in [0.1, 0.15) is 34.7 Å². The molecule has 0 aliphatic heterocycles. The van der Waals surface area contributed by atoms with Crippen molar-refractivity contribution in [1.29, 1.82) is 0 Å². The van der Waals surface area contributed by atoms with Gasteiger partial charge in [0, 0.05) is 19.5 Å². The maximum absolute atomic E-state index is 13.7. The lowest BCUT2D eigenvalue weighted by molar-refractivity contribution is -0.141. The lowest BCUT2D eigenvalue weighted by atomic mass is 10.0. The van der Waals surface area contributed by atoms with E-state index in [4.69, 9.17) is 0 Å². The maximum atomic E-state index is 13.7. The SMILES string of the molecule is O=C(NCc1ccccc1)C(c1ccccc1)N(Cc1ccc(F)cc1)C(=O)CCc1ccccc1. The van der Waals surface area contributed by atoms with Gasteiger partial charge in [-0.2, -0.15) is 0 Å². The Morgan fingerprint density at radius 2 is 1.25 bits per heavy atom. The Morgan fingerprint density at radius 1 is 0.694 bits per heavy atom. The molecule has 2 amide bonds. The van der Waals surface area contributed by atoms with Crippen LogP contribution in [0.3, 0.4) is 0 Å². The highest BCUT2D eigenvalue weighted by Crippen LogP contribution is 2.25. The molecule has 0 fully saturated rings. The van der Waals surface area contributed by atoms with E-state index in [9.17, 15) is 14.0 Å². The second-order valence-electron chi connectivity index (χ2n) is 8.65. The van der Waals surface area contributed by atoms with E-state index in [1.807, 2.05) is 91.0 Å². The fraction of sp³-hybridized carbons (Fsp3) is 0.161. The monoisotopic (exact) mass is 480 g/mol. The fourth-order valence-electron chi connectivity index (χ4n) is 4.14. The quantitative estimate of drug-likeness (QED) is 0.310. The number of benzene rings is 4. The van der Waals surface area contributed by atoms with Crippen LogP contribution < -0.4 is 5.32 Å². The Hall–Kier alpha value is -4.25. The van der Waals surface area contributed by atoms with Crippen molar-refractivity contribution in [3.8, 4) is 0 Å². The Morgan fingerprint density at radius 3 is 1.86 bits per heavy atom. The first-order chi connectivity index (χ1) is 17.6. The Labute approximate surface area is 211 Å². The number of hydrogen-bond donors (Lipinski definition) is 1. The highest BCUT2D eigenvalue weighted by molar-refractivity contribution is 5.88. The topological polar surface area (TPSA) is 49.4 Å². The van der Waals surface area contributed by atoms with Crippen LogP contribution >= 0.6 is 0 Å². The molecule has 0 saturated carbocycles. The number of amides is 2. The van der Waals surface area contributed by atoms with E-state index in [1.165, 1.54) is 12.1 Å². The van der Waals surface area contributed by atoms with Gasteiger partial charge in [-0.15, -0.1) is 0 Å². The average Bonchev–Trinajstić information content (AvgIpc) is 2.93. The molecule has 0 spiro atoms. The van der Waals surface area contributed by atoms with Gasteiger partial charge >= 0.3 is 0 Å². The normalized spacial score (nSPS) is 11.5. The van der Waals surface area contributed by atoms with Crippen LogP contribution in [0.25, 0.3) is 0 Å². The molecule has 0 aliphatic rings. The van der Waals surface area contributed by atoms with Crippen LogP contribution in [0.4, 0.5) is 4.39 Å². The second-order valence-corrected chi connectivity index (χ2v) is 8.65. The molecule has 5 heteroatoms. The van der Waals surface area contributed by atoms with Crippen LogP contribution in [0.2, 0.25) is 0 Å². The van der Waals surface area contributed by atoms with Crippen LogP contribution in [0.15, 0.2) is 115 Å². The Bertz CT molecular complexity index is 1250. The summed E-state index contributed by atoms with van der Waals surface area (Å²) < 4.78 is 13.6. The van der Waals surface area contributed by atoms with Gasteiger partial charge in [0.25, 0.3) is 0 Å². The lowest BCUT2D eigenvalue weighted by Crippen LogP contribution is -2.43. The molecule has 1 atom stereocenters. The molecule has 4 aromatic rings. The number of rotatable bonds is 10. The molecule has 4 aromatic carbocycles. The molecule has 36 heavy (non-hydrogen) atoms. The predicted molar refractivity (Wildman–Crippen MR) is 139 cm³/mol. The van der Waals surface area contributed by atoms with Crippen molar-refractivity contribution in [2.24, 2.45) is 0 Å². The molecular formula is C31H29FN2O2. The zero-order valence-electron chi connectivity index (χ0n) is 20.0. The van der Waals surface area contributed by atoms with E-state index in [1.54, 1.807) is 17.0 Å². The van der Waals surface area contributed by atoms with Crippen molar-refractivity contribution in [2.45, 2.75) is 32.0 Å². The van der Waals surface area contributed by atoms with Gasteiger partial charge in [-0.1, -0.05) is 103 Å². The van der Waals surface area contributed by atoms with Crippen LogP contribution in [0, 0.1) is 5.82 Å². The summed E-state index contributed by atoms with van der Waals surface area (Å²) in [5.41, 5.74) is 3.50. The van der Waals surface area contributed by atoms with Crippen molar-refractivity contribution in [1.82, 2.24) is 10.2 Å². The minimum atomic E-state index is -0.830. The van der Waals surface area contributed by atoms with E-state index < -0.39 is 6.04 Å². The minimum Gasteiger partial charge on any atom is -0.350 e. The van der Waals surface area contributed by atoms with Gasteiger partial charge in [-0.25, -0.2) is 4.39 Å². The minimum absolute atomic E-state index is 0.146. The lowest BCUT2D eigenvalue weighted by Gasteiger charge is -2.32. The third-order valence-corrected chi connectivity index (χ3v) is 6.04. The molecule has 1 unspecified atom stereocenters. The summed E-state index contributed by atoms with van der Waals surface area (Å²) in [6, 6.07) is 34.0. The number of halogens is 1. The molecule has 0 heterocycles. The van der Waals surface area contributed by atoms with Gasteiger partial charge in [0.1, 0.15) is 11.9 Å². The first-order valence-electron chi connectivity index (χ1n) is 12.0. The van der Waals surface area contributed by atoms with Crippen molar-refractivity contribution >= 4 is 11.8 Å². The zero-order valence-corrected chi connectivity index (χ0v) is 20.0. The van der Waals surface area contributed by atoms with Gasteiger partial charge in [-0.05, 0) is 40.8 Å². The van der Waals surface area contributed by atoms with Gasteiger partial charge in [0.05, 0.1) is 0 Å². The Kier molecular flexibility index (Phi) is 8.60. The molecule has 0 aromatic heterocycles. The largest absolute Gasteiger partial charge is 0.350 e. The number of hydrogen-bond acceptors (Lipinski definition) is 2. The summed E-state index contributed by atoms with van der Waals surface area (Å²) in [6.07, 6.45) is 0.813. The summed E-state index contributed by atoms with van der Waals surface area (Å²) in [7, 11) is 0. The molecule has 4 rings (SSSR count). The average molecular weight is 481 g/mol. The predicted octanol–water partition coefficient (Wildman–Crippen LogP) is 5.84. The number of carbonyl (C=O) groups excluding carboxylic acids is 2. The van der Waals surface area contributed by atoms with Gasteiger partial charge in [0.15, 0.2) is 0 Å². The summed E-state index contributed by atoms with van der Waals surface area (Å²) in [5, 5.41) is 3.01. The summed E-state index contributed by atoms with van der Waals surface area (Å²) >= 11 is 0. The first kappa shape index (κ1) is 24.9. The highest BCUT2D eigenvalue weighted by Gasteiger charge is 2.31. The number of nitrogens with one attached hydrogen (secondary N) is 1. The summed E-state index contributed by atoms with van der Waals surface area (Å²) in [4.78, 5) is 28.9. The summed E-state index contributed by atoms with van der Waals surface area (Å²) in [6.45, 7) is 0.540. The third kappa shape index (κ3) is 6.89. The summed E-state index contributed by atoms with van der Waals surface area (Å²) in [5.74, 6) is -0.756. The van der Waals surface area contributed by atoms with E-state index in [0.29, 0.717) is 13.0 Å². The van der Waals surface area contributed by atoms with Crippen LogP contribution in [-0.2, 0) is 29.1 Å². The smallest absolute Gasteiger partial charge is 0.247 e. The molecule has 4 nitrogen and oxygen atoms in total. The molecule has 182 valence electrons. The molecule has 0 aliphatic carbocycles. The van der Waals surface area contributed by atoms with Gasteiger partial charge in [-0.3, -0.25) is 9.59 Å². The van der Waals surface area contributed by atoms with Crippen molar-refractivity contribution in [3.63, 3.8) is 0 Å². The van der Waals surface area contributed by atoms with Gasteiger partial charge < -0.3 is 10.2 Å². The molecule has 0 saturated heterocycles. The molecule has 0 radical (unpaired) electrons. The highest BCUT2D eigenvalue weighted by atomic mass is 19.1. The molecule has 0 bridgehead atoms. The van der Waals surface area contributed by atoms with Crippen LogP contribution in [-0.4, -0.2) is 16.7 Å². The van der Waals surface area contributed by atoms with Crippen LogP contribution in [0.5, 0.6) is 0 Å². The van der Waals surface area contributed by atoms with Crippen molar-refractivity contribution in [2.75, 3.05) is 0 Å².